The summed E-state index contributed by atoms with van der Waals surface area (Å²) in [6, 6.07) is 11.8. The van der Waals surface area contributed by atoms with Crippen molar-refractivity contribution in [2.24, 2.45) is 0 Å². The maximum atomic E-state index is 12.2. The standard InChI is InChI=1S/C22H25BrN2O3S/c1-22(2,3)14-7-10-18(16(23)12-14)28-11-5-6-20(26)25-21-24-17-9-8-15(27-4)13-19(17)29-21/h7-10,12-13H,5-6,11H2,1-4H3,(H,24,25,26). The number of aromatic nitrogens is 1. The molecule has 0 saturated carbocycles. The van der Waals surface area contributed by atoms with Gasteiger partial charge in [-0.3, -0.25) is 4.79 Å². The Hall–Kier alpha value is -2.12. The average molecular weight is 477 g/mol. The molecule has 0 atom stereocenters. The first-order chi connectivity index (χ1) is 13.8. The molecule has 0 saturated heterocycles. The lowest BCUT2D eigenvalue weighted by atomic mass is 9.87. The Morgan fingerprint density at radius 1 is 1.21 bits per heavy atom. The minimum Gasteiger partial charge on any atom is -0.497 e. The van der Waals surface area contributed by atoms with Crippen LogP contribution in [-0.4, -0.2) is 24.6 Å². The Morgan fingerprint density at radius 2 is 2.00 bits per heavy atom. The van der Waals surface area contributed by atoms with Crippen LogP contribution in [0.3, 0.4) is 0 Å². The minimum absolute atomic E-state index is 0.0678. The van der Waals surface area contributed by atoms with Gasteiger partial charge in [0.05, 0.1) is 28.4 Å². The summed E-state index contributed by atoms with van der Waals surface area (Å²) in [5.74, 6) is 1.50. The molecular weight excluding hydrogens is 452 g/mol. The predicted molar refractivity (Wildman–Crippen MR) is 122 cm³/mol. The van der Waals surface area contributed by atoms with Gasteiger partial charge in [0.25, 0.3) is 0 Å². The highest BCUT2D eigenvalue weighted by atomic mass is 79.9. The molecule has 7 heteroatoms. The summed E-state index contributed by atoms with van der Waals surface area (Å²) in [4.78, 5) is 16.6. The summed E-state index contributed by atoms with van der Waals surface area (Å²) in [5.41, 5.74) is 2.17. The number of hydrogen-bond acceptors (Lipinski definition) is 5. The zero-order chi connectivity index (χ0) is 21.0. The number of carbonyl (C=O) groups excluding carboxylic acids is 1. The van der Waals surface area contributed by atoms with Gasteiger partial charge in [-0.1, -0.05) is 38.2 Å². The highest BCUT2D eigenvalue weighted by Gasteiger charge is 2.15. The van der Waals surface area contributed by atoms with Crippen molar-refractivity contribution >= 4 is 48.5 Å². The second kappa shape index (κ2) is 9.13. The van der Waals surface area contributed by atoms with Gasteiger partial charge in [-0.05, 0) is 63.7 Å². The van der Waals surface area contributed by atoms with E-state index in [1.807, 2.05) is 24.3 Å². The first kappa shape index (κ1) is 21.6. The lowest BCUT2D eigenvalue weighted by Crippen LogP contribution is -2.13. The Kier molecular flexibility index (Phi) is 6.80. The normalized spacial score (nSPS) is 11.5. The number of benzene rings is 2. The van der Waals surface area contributed by atoms with Crippen molar-refractivity contribution in [3.8, 4) is 11.5 Å². The third-order valence-corrected chi connectivity index (χ3v) is 6.00. The van der Waals surface area contributed by atoms with E-state index >= 15 is 0 Å². The molecule has 29 heavy (non-hydrogen) atoms. The molecular formula is C22H25BrN2O3S. The second-order valence-corrected chi connectivity index (χ2v) is 9.63. The molecule has 2 aromatic carbocycles. The number of hydrogen-bond donors (Lipinski definition) is 1. The summed E-state index contributed by atoms with van der Waals surface area (Å²) in [5, 5.41) is 3.46. The van der Waals surface area contributed by atoms with Crippen LogP contribution < -0.4 is 14.8 Å². The topological polar surface area (TPSA) is 60.5 Å². The van der Waals surface area contributed by atoms with Crippen molar-refractivity contribution < 1.29 is 14.3 Å². The summed E-state index contributed by atoms with van der Waals surface area (Å²) in [6.07, 6.45) is 0.995. The van der Waals surface area contributed by atoms with Gasteiger partial charge in [0.2, 0.25) is 5.91 Å². The number of amides is 1. The molecule has 0 fully saturated rings. The Morgan fingerprint density at radius 3 is 2.69 bits per heavy atom. The van der Waals surface area contributed by atoms with Crippen LogP contribution in [0, 0.1) is 0 Å². The van der Waals surface area contributed by atoms with E-state index in [2.05, 4.69) is 59.1 Å². The maximum Gasteiger partial charge on any atom is 0.226 e. The number of rotatable bonds is 7. The summed E-state index contributed by atoms with van der Waals surface area (Å²) < 4.78 is 13.0. The number of methoxy groups -OCH3 is 1. The molecule has 0 unspecified atom stereocenters. The molecule has 0 aliphatic rings. The van der Waals surface area contributed by atoms with Crippen LogP contribution in [0.15, 0.2) is 40.9 Å². The van der Waals surface area contributed by atoms with Crippen molar-refractivity contribution in [2.75, 3.05) is 19.0 Å². The molecule has 3 rings (SSSR count). The summed E-state index contributed by atoms with van der Waals surface area (Å²) in [7, 11) is 1.63. The molecule has 1 aromatic heterocycles. The molecule has 0 aliphatic heterocycles. The van der Waals surface area contributed by atoms with E-state index in [1.54, 1.807) is 7.11 Å². The van der Waals surface area contributed by atoms with Crippen molar-refractivity contribution in [3.63, 3.8) is 0 Å². The predicted octanol–water partition coefficient (Wildman–Crippen LogP) is 6.16. The van der Waals surface area contributed by atoms with E-state index in [9.17, 15) is 4.79 Å². The van der Waals surface area contributed by atoms with Crippen molar-refractivity contribution in [1.82, 2.24) is 4.98 Å². The minimum atomic E-state index is -0.0678. The smallest absolute Gasteiger partial charge is 0.226 e. The molecule has 3 aromatic rings. The van der Waals surface area contributed by atoms with Gasteiger partial charge in [-0.2, -0.15) is 0 Å². The van der Waals surface area contributed by atoms with E-state index in [4.69, 9.17) is 9.47 Å². The average Bonchev–Trinajstić information content (AvgIpc) is 3.06. The third kappa shape index (κ3) is 5.70. The first-order valence-corrected chi connectivity index (χ1v) is 11.0. The van der Waals surface area contributed by atoms with E-state index in [-0.39, 0.29) is 11.3 Å². The van der Waals surface area contributed by atoms with Crippen molar-refractivity contribution in [1.29, 1.82) is 0 Å². The van der Waals surface area contributed by atoms with E-state index in [1.165, 1.54) is 16.9 Å². The summed E-state index contributed by atoms with van der Waals surface area (Å²) in [6.45, 7) is 7.00. The number of ether oxygens (including phenoxy) is 2. The zero-order valence-corrected chi connectivity index (χ0v) is 19.4. The Labute approximate surface area is 183 Å². The zero-order valence-electron chi connectivity index (χ0n) is 17.0. The molecule has 0 spiro atoms. The van der Waals surface area contributed by atoms with Crippen LogP contribution in [0.5, 0.6) is 11.5 Å². The van der Waals surface area contributed by atoms with Crippen LogP contribution in [0.1, 0.15) is 39.2 Å². The van der Waals surface area contributed by atoms with Crippen molar-refractivity contribution in [2.45, 2.75) is 39.0 Å². The molecule has 0 aliphatic carbocycles. The number of thiazole rings is 1. The SMILES string of the molecule is COc1ccc2nc(NC(=O)CCCOc3ccc(C(C)(C)C)cc3Br)sc2c1. The van der Waals surface area contributed by atoms with Gasteiger partial charge in [0.1, 0.15) is 11.5 Å². The number of fused-ring (bicyclic) bond motifs is 1. The fourth-order valence-corrected chi connectivity index (χ4v) is 4.17. The van der Waals surface area contributed by atoms with E-state index in [0.29, 0.717) is 24.6 Å². The molecule has 0 radical (unpaired) electrons. The quantitative estimate of drug-likeness (QED) is 0.414. The number of carbonyl (C=O) groups is 1. The molecule has 154 valence electrons. The first-order valence-electron chi connectivity index (χ1n) is 9.43. The van der Waals surface area contributed by atoms with Gasteiger partial charge in [0.15, 0.2) is 5.13 Å². The molecule has 1 N–H and O–H groups in total. The fraction of sp³-hybridized carbons (Fsp3) is 0.364. The van der Waals surface area contributed by atoms with Crippen LogP contribution in [0.2, 0.25) is 0 Å². The highest BCUT2D eigenvalue weighted by molar-refractivity contribution is 9.10. The van der Waals surface area contributed by atoms with Gasteiger partial charge in [-0.15, -0.1) is 0 Å². The molecule has 1 amide bonds. The van der Waals surface area contributed by atoms with Crippen LogP contribution in [0.25, 0.3) is 10.2 Å². The van der Waals surface area contributed by atoms with Gasteiger partial charge in [0, 0.05) is 6.42 Å². The Balaban J connectivity index is 1.48. The third-order valence-electron chi connectivity index (χ3n) is 4.45. The summed E-state index contributed by atoms with van der Waals surface area (Å²) >= 11 is 5.01. The van der Waals surface area contributed by atoms with Crippen LogP contribution >= 0.6 is 27.3 Å². The largest absolute Gasteiger partial charge is 0.497 e. The number of anilines is 1. The monoisotopic (exact) mass is 476 g/mol. The van der Waals surface area contributed by atoms with Crippen LogP contribution in [0.4, 0.5) is 5.13 Å². The highest BCUT2D eigenvalue weighted by Crippen LogP contribution is 2.32. The lowest BCUT2D eigenvalue weighted by Gasteiger charge is -2.20. The van der Waals surface area contributed by atoms with Crippen LogP contribution in [-0.2, 0) is 10.2 Å². The maximum absolute atomic E-state index is 12.2. The molecule has 5 nitrogen and oxygen atoms in total. The van der Waals surface area contributed by atoms with Gasteiger partial charge >= 0.3 is 0 Å². The van der Waals surface area contributed by atoms with E-state index in [0.717, 1.165) is 26.2 Å². The van der Waals surface area contributed by atoms with Gasteiger partial charge in [-0.25, -0.2) is 4.98 Å². The van der Waals surface area contributed by atoms with Crippen molar-refractivity contribution in [3.05, 3.63) is 46.4 Å². The molecule has 0 bridgehead atoms. The fourth-order valence-electron chi connectivity index (χ4n) is 2.77. The number of nitrogens with one attached hydrogen (secondary N) is 1. The second-order valence-electron chi connectivity index (χ2n) is 7.75. The van der Waals surface area contributed by atoms with E-state index < -0.39 is 0 Å². The lowest BCUT2D eigenvalue weighted by molar-refractivity contribution is -0.116. The number of nitrogens with zero attached hydrogens (tertiary/aromatic N) is 1. The van der Waals surface area contributed by atoms with Gasteiger partial charge < -0.3 is 14.8 Å². The Bertz CT molecular complexity index is 1010. The molecule has 1 heterocycles. The number of halogens is 1.